The number of nitrogens with two attached hydrogens (primary N) is 4. The Kier molecular flexibility index (Phi) is 9.14. The van der Waals surface area contributed by atoms with E-state index in [1.54, 1.807) is 0 Å². The lowest BCUT2D eigenvalue weighted by Crippen LogP contribution is -2.54. The minimum absolute atomic E-state index is 0.0595. The Balaban J connectivity index is 0.000000246. The number of anilines is 4. The average Bonchev–Trinajstić information content (AvgIpc) is 2.96. The summed E-state index contributed by atoms with van der Waals surface area (Å²) in [5, 5.41) is 0. The van der Waals surface area contributed by atoms with Crippen LogP contribution in [0.2, 0.25) is 0 Å². The molecule has 45 heavy (non-hydrogen) atoms. The van der Waals surface area contributed by atoms with Crippen LogP contribution >= 0.6 is 0 Å². The molecule has 4 aromatic carbocycles. The number of benzene rings is 4. The number of hydrogen-bond donors (Lipinski definition) is 4. The first-order chi connectivity index (χ1) is 20.6. The normalized spacial score (nSPS) is 12.1. The molecule has 0 saturated carbocycles. The van der Waals surface area contributed by atoms with Crippen molar-refractivity contribution >= 4 is 22.7 Å². The molecule has 0 spiro atoms. The molecule has 0 bridgehead atoms. The molecule has 18 heteroatoms. The fourth-order valence-electron chi connectivity index (χ4n) is 4.18. The molecular formula is C27H16F14N4. The second-order valence-corrected chi connectivity index (χ2v) is 9.08. The van der Waals surface area contributed by atoms with Crippen LogP contribution in [0.1, 0.15) is 11.1 Å². The first kappa shape index (κ1) is 34.6. The standard InChI is InChI=1S/C15H12F6N2.C12H4F8N2/c16-14(17,18)13(15(19,20)21,9-1-5-11(22)6-2-9)10-3-7-12(23)8-4-10;13-3-1(4(14)8(18)11(21)7(3)17)2-5(15)9(19)12(22)10(20)6(2)16/h1-8H,22-23H2;21-22H2. The van der Waals surface area contributed by atoms with Crippen LogP contribution in [0.25, 0.3) is 11.1 Å². The zero-order valence-corrected chi connectivity index (χ0v) is 21.7. The van der Waals surface area contributed by atoms with Gasteiger partial charge in [-0.2, -0.15) is 26.3 Å². The van der Waals surface area contributed by atoms with Crippen molar-refractivity contribution in [3.05, 3.63) is 106 Å². The van der Waals surface area contributed by atoms with E-state index >= 15 is 0 Å². The molecule has 0 fully saturated rings. The summed E-state index contributed by atoms with van der Waals surface area (Å²) in [5.41, 5.74) is 7.00. The van der Waals surface area contributed by atoms with Crippen molar-refractivity contribution in [3.63, 3.8) is 0 Å². The molecule has 242 valence electrons. The highest BCUT2D eigenvalue weighted by atomic mass is 19.4. The van der Waals surface area contributed by atoms with E-state index in [9.17, 15) is 61.5 Å². The van der Waals surface area contributed by atoms with Gasteiger partial charge in [0.15, 0.2) is 46.5 Å². The maximum absolute atomic E-state index is 13.7. The van der Waals surface area contributed by atoms with Gasteiger partial charge in [-0.15, -0.1) is 0 Å². The van der Waals surface area contributed by atoms with Gasteiger partial charge >= 0.3 is 12.4 Å². The van der Waals surface area contributed by atoms with Crippen molar-refractivity contribution in [1.29, 1.82) is 0 Å². The van der Waals surface area contributed by atoms with Gasteiger partial charge in [0.2, 0.25) is 5.41 Å². The Hall–Kier alpha value is -4.90. The third-order valence-corrected chi connectivity index (χ3v) is 6.38. The van der Waals surface area contributed by atoms with Crippen LogP contribution in [-0.2, 0) is 5.41 Å². The maximum Gasteiger partial charge on any atom is 0.411 e. The molecule has 0 aromatic heterocycles. The van der Waals surface area contributed by atoms with Gasteiger partial charge in [0, 0.05) is 11.4 Å². The molecule has 0 atom stereocenters. The van der Waals surface area contributed by atoms with Crippen LogP contribution in [0.15, 0.2) is 48.5 Å². The van der Waals surface area contributed by atoms with Crippen LogP contribution in [-0.4, -0.2) is 12.4 Å². The third-order valence-electron chi connectivity index (χ3n) is 6.38. The molecule has 4 aromatic rings. The van der Waals surface area contributed by atoms with Gasteiger partial charge in [-0.25, -0.2) is 35.1 Å². The van der Waals surface area contributed by atoms with E-state index in [1.165, 1.54) is 0 Å². The Morgan fingerprint density at radius 1 is 0.356 bits per heavy atom. The van der Waals surface area contributed by atoms with Crippen molar-refractivity contribution in [3.8, 4) is 11.1 Å². The summed E-state index contributed by atoms with van der Waals surface area (Å²) in [6.07, 6.45) is -11.2. The van der Waals surface area contributed by atoms with Gasteiger partial charge in [-0.05, 0) is 35.4 Å². The van der Waals surface area contributed by atoms with Gasteiger partial charge in [-0.1, -0.05) is 24.3 Å². The Bertz CT molecular complexity index is 1540. The number of rotatable bonds is 3. The summed E-state index contributed by atoms with van der Waals surface area (Å²) in [5.74, 6) is -18.0. The van der Waals surface area contributed by atoms with E-state index in [2.05, 4.69) is 0 Å². The van der Waals surface area contributed by atoms with E-state index in [-0.39, 0.29) is 11.4 Å². The van der Waals surface area contributed by atoms with Crippen LogP contribution in [0.5, 0.6) is 0 Å². The van der Waals surface area contributed by atoms with Gasteiger partial charge in [-0.3, -0.25) is 0 Å². The summed E-state index contributed by atoms with van der Waals surface area (Å²) >= 11 is 0. The molecule has 0 saturated heterocycles. The van der Waals surface area contributed by atoms with E-state index in [4.69, 9.17) is 22.9 Å². The molecule has 8 N–H and O–H groups in total. The summed E-state index contributed by atoms with van der Waals surface area (Å²) in [7, 11) is 0. The topological polar surface area (TPSA) is 104 Å². The number of halogens is 14. The van der Waals surface area contributed by atoms with Crippen molar-refractivity contribution in [2.24, 2.45) is 0 Å². The predicted molar refractivity (Wildman–Crippen MR) is 135 cm³/mol. The molecule has 0 radical (unpaired) electrons. The minimum Gasteiger partial charge on any atom is -0.399 e. The monoisotopic (exact) mass is 662 g/mol. The Morgan fingerprint density at radius 2 is 0.578 bits per heavy atom. The zero-order valence-electron chi connectivity index (χ0n) is 21.7. The van der Waals surface area contributed by atoms with Crippen LogP contribution < -0.4 is 22.9 Å². The van der Waals surface area contributed by atoms with E-state index in [1.807, 2.05) is 0 Å². The first-order valence-corrected chi connectivity index (χ1v) is 11.7. The number of alkyl halides is 6. The lowest BCUT2D eigenvalue weighted by atomic mass is 9.73. The smallest absolute Gasteiger partial charge is 0.399 e. The zero-order chi connectivity index (χ0) is 34.4. The van der Waals surface area contributed by atoms with Crippen molar-refractivity contribution in [2.45, 2.75) is 17.8 Å². The van der Waals surface area contributed by atoms with Crippen LogP contribution in [0.3, 0.4) is 0 Å². The number of nitrogen functional groups attached to an aromatic ring is 4. The molecular weight excluding hydrogens is 646 g/mol. The summed E-state index contributed by atoms with van der Waals surface area (Å²) in [4.78, 5) is 0. The van der Waals surface area contributed by atoms with E-state index < -0.39 is 97.9 Å². The molecule has 0 aliphatic carbocycles. The minimum atomic E-state index is -5.61. The molecule has 4 rings (SSSR count). The third kappa shape index (κ3) is 5.71. The van der Waals surface area contributed by atoms with Crippen LogP contribution in [0.4, 0.5) is 84.2 Å². The maximum atomic E-state index is 13.7. The van der Waals surface area contributed by atoms with Crippen LogP contribution in [0, 0.1) is 46.5 Å². The van der Waals surface area contributed by atoms with E-state index in [0.29, 0.717) is 0 Å². The summed E-state index contributed by atoms with van der Waals surface area (Å²) in [6, 6.07) is 6.91. The van der Waals surface area contributed by atoms with Gasteiger partial charge < -0.3 is 22.9 Å². The van der Waals surface area contributed by atoms with E-state index in [0.717, 1.165) is 48.5 Å². The quantitative estimate of drug-likeness (QED) is 0.102. The molecule has 4 nitrogen and oxygen atoms in total. The molecule has 0 amide bonds. The summed E-state index contributed by atoms with van der Waals surface area (Å²) < 4.78 is 190. The summed E-state index contributed by atoms with van der Waals surface area (Å²) in [6.45, 7) is 0. The second kappa shape index (κ2) is 11.9. The highest BCUT2D eigenvalue weighted by molar-refractivity contribution is 5.71. The predicted octanol–water partition coefficient (Wildman–Crippen LogP) is 7.89. The molecule has 0 aliphatic rings. The fourth-order valence-corrected chi connectivity index (χ4v) is 4.18. The highest BCUT2D eigenvalue weighted by Gasteiger charge is 2.72. The highest BCUT2D eigenvalue weighted by Crippen LogP contribution is 2.56. The number of hydrogen-bond acceptors (Lipinski definition) is 4. The Morgan fingerprint density at radius 3 is 0.778 bits per heavy atom. The fraction of sp³-hybridized carbons (Fsp3) is 0.111. The Labute approximate surface area is 242 Å². The van der Waals surface area contributed by atoms with Gasteiger partial charge in [0.1, 0.15) is 11.4 Å². The molecule has 0 aliphatic heterocycles. The van der Waals surface area contributed by atoms with Crippen molar-refractivity contribution < 1.29 is 61.5 Å². The second-order valence-electron chi connectivity index (χ2n) is 9.08. The van der Waals surface area contributed by atoms with Crippen molar-refractivity contribution in [1.82, 2.24) is 0 Å². The average molecular weight is 662 g/mol. The van der Waals surface area contributed by atoms with Crippen molar-refractivity contribution in [2.75, 3.05) is 22.9 Å². The molecule has 0 heterocycles. The lowest BCUT2D eigenvalue weighted by Gasteiger charge is -2.38. The van der Waals surface area contributed by atoms with Gasteiger partial charge in [0.25, 0.3) is 0 Å². The lowest BCUT2D eigenvalue weighted by molar-refractivity contribution is -0.288. The molecule has 0 unspecified atom stereocenters. The largest absolute Gasteiger partial charge is 0.411 e. The first-order valence-electron chi connectivity index (χ1n) is 11.7. The van der Waals surface area contributed by atoms with Gasteiger partial charge in [0.05, 0.1) is 11.1 Å². The SMILES string of the molecule is Nc1c(F)c(F)c(-c2c(F)c(F)c(N)c(F)c2F)c(F)c1F.Nc1ccc(C(c2ccc(N)cc2)(C(F)(F)F)C(F)(F)F)cc1.